The van der Waals surface area contributed by atoms with E-state index in [1.54, 1.807) is 4.90 Å². The average molecular weight is 376 g/mol. The summed E-state index contributed by atoms with van der Waals surface area (Å²) in [6.07, 6.45) is 3.40. The number of hydrogen-bond acceptors (Lipinski definition) is 3. The van der Waals surface area contributed by atoms with Crippen LogP contribution in [0.4, 0.5) is 4.79 Å². The lowest BCUT2D eigenvalue weighted by Gasteiger charge is -2.39. The van der Waals surface area contributed by atoms with Crippen molar-refractivity contribution in [3.63, 3.8) is 0 Å². The third kappa shape index (κ3) is 5.96. The van der Waals surface area contributed by atoms with Crippen LogP contribution >= 0.6 is 0 Å². The second-order valence-corrected chi connectivity index (χ2v) is 8.00. The lowest BCUT2D eigenvalue weighted by Crippen LogP contribution is -2.56. The molecule has 2 unspecified atom stereocenters. The van der Waals surface area contributed by atoms with E-state index in [1.807, 2.05) is 30.3 Å². The molecule has 150 valence electrons. The van der Waals surface area contributed by atoms with Gasteiger partial charge in [-0.05, 0) is 43.6 Å². The Balaban J connectivity index is 2.09. The molecular weight excluding hydrogens is 344 g/mol. The lowest BCUT2D eigenvalue weighted by molar-refractivity contribution is -0.137. The maximum absolute atomic E-state index is 13.0. The van der Waals surface area contributed by atoms with Crippen molar-refractivity contribution >= 4 is 12.0 Å². The van der Waals surface area contributed by atoms with E-state index in [-0.39, 0.29) is 25.1 Å². The number of aliphatic hydroxyl groups is 1. The summed E-state index contributed by atoms with van der Waals surface area (Å²) in [5, 5.41) is 22.1. The van der Waals surface area contributed by atoms with E-state index in [9.17, 15) is 14.7 Å². The first-order valence-electron chi connectivity index (χ1n) is 9.81. The molecule has 2 amide bonds. The van der Waals surface area contributed by atoms with Gasteiger partial charge in [-0.1, -0.05) is 44.2 Å². The van der Waals surface area contributed by atoms with Crippen LogP contribution in [0.25, 0.3) is 0 Å². The van der Waals surface area contributed by atoms with Crippen molar-refractivity contribution in [3.05, 3.63) is 35.9 Å². The Morgan fingerprint density at radius 1 is 1.26 bits per heavy atom. The molecule has 3 N–H and O–H groups in total. The van der Waals surface area contributed by atoms with Crippen molar-refractivity contribution in [2.24, 2.45) is 5.92 Å². The van der Waals surface area contributed by atoms with Crippen molar-refractivity contribution in [1.82, 2.24) is 10.2 Å². The second-order valence-electron chi connectivity index (χ2n) is 8.00. The van der Waals surface area contributed by atoms with E-state index in [0.29, 0.717) is 25.3 Å². The van der Waals surface area contributed by atoms with E-state index < -0.39 is 11.5 Å². The lowest BCUT2D eigenvalue weighted by atomic mass is 9.87. The third-order valence-electron chi connectivity index (χ3n) is 5.28. The first kappa shape index (κ1) is 21.2. The summed E-state index contributed by atoms with van der Waals surface area (Å²) >= 11 is 0. The van der Waals surface area contributed by atoms with Crippen LogP contribution in [-0.4, -0.2) is 51.8 Å². The summed E-state index contributed by atoms with van der Waals surface area (Å²) in [6, 6.07) is 9.30. The molecule has 27 heavy (non-hydrogen) atoms. The van der Waals surface area contributed by atoms with Gasteiger partial charge < -0.3 is 20.4 Å². The number of urea groups is 1. The number of hydrogen-bond donors (Lipinski definition) is 3. The molecule has 6 nitrogen and oxygen atoms in total. The van der Waals surface area contributed by atoms with Gasteiger partial charge in [0.05, 0.1) is 12.1 Å². The fourth-order valence-corrected chi connectivity index (χ4v) is 4.13. The van der Waals surface area contributed by atoms with Crippen LogP contribution in [0, 0.1) is 5.92 Å². The summed E-state index contributed by atoms with van der Waals surface area (Å²) in [7, 11) is 0. The van der Waals surface area contributed by atoms with Crippen LogP contribution in [0.2, 0.25) is 0 Å². The number of amides is 2. The van der Waals surface area contributed by atoms with Gasteiger partial charge in [0.25, 0.3) is 0 Å². The number of carbonyl (C=O) groups is 2. The predicted molar refractivity (Wildman–Crippen MR) is 105 cm³/mol. The maximum atomic E-state index is 13.0. The van der Waals surface area contributed by atoms with Gasteiger partial charge in [-0.15, -0.1) is 0 Å². The van der Waals surface area contributed by atoms with Gasteiger partial charge >= 0.3 is 12.0 Å². The number of nitrogens with zero attached hydrogens (tertiary/aromatic N) is 1. The molecule has 1 fully saturated rings. The summed E-state index contributed by atoms with van der Waals surface area (Å²) in [6.45, 7) is 4.76. The summed E-state index contributed by atoms with van der Waals surface area (Å²) in [4.78, 5) is 25.8. The molecule has 1 aromatic rings. The molecule has 0 aromatic heterocycles. The number of carboxylic acids is 1. The molecule has 0 radical (unpaired) electrons. The Kier molecular flexibility index (Phi) is 7.66. The van der Waals surface area contributed by atoms with Crippen LogP contribution < -0.4 is 5.32 Å². The van der Waals surface area contributed by atoms with E-state index in [0.717, 1.165) is 24.8 Å². The van der Waals surface area contributed by atoms with E-state index in [2.05, 4.69) is 19.2 Å². The molecule has 6 heteroatoms. The number of nitrogens with one attached hydrogen (secondary N) is 1. The van der Waals surface area contributed by atoms with Gasteiger partial charge in [-0.2, -0.15) is 0 Å². The van der Waals surface area contributed by atoms with Gasteiger partial charge in [-0.3, -0.25) is 4.79 Å². The number of aliphatic hydroxyl groups excluding tert-OH is 1. The molecule has 1 aliphatic rings. The summed E-state index contributed by atoms with van der Waals surface area (Å²) in [5.74, 6) is -0.495. The first-order chi connectivity index (χ1) is 12.9. The highest BCUT2D eigenvalue weighted by atomic mass is 16.4. The van der Waals surface area contributed by atoms with Gasteiger partial charge in [0.2, 0.25) is 0 Å². The Bertz CT molecular complexity index is 620. The molecule has 2 atom stereocenters. The van der Waals surface area contributed by atoms with Crippen molar-refractivity contribution in [2.75, 3.05) is 13.2 Å². The number of aliphatic carboxylic acids is 1. The van der Waals surface area contributed by atoms with Crippen LogP contribution in [-0.2, 0) is 11.2 Å². The molecule has 2 rings (SSSR count). The zero-order valence-electron chi connectivity index (χ0n) is 16.4. The van der Waals surface area contributed by atoms with Crippen molar-refractivity contribution in [3.8, 4) is 0 Å². The standard InChI is InChI=1S/C21H32N2O4/c1-16(2)14-21(15-24)11-6-12-23(21)20(27)22-18(9-10-19(25)26)13-17-7-4-3-5-8-17/h3-5,7-8,16,18,24H,6,9-15H2,1-2H3,(H,22,27)(H,25,26). The highest BCUT2D eigenvalue weighted by Gasteiger charge is 2.43. The fraction of sp³-hybridized carbons (Fsp3) is 0.619. The Morgan fingerprint density at radius 2 is 1.96 bits per heavy atom. The molecule has 1 saturated heterocycles. The normalized spacial score (nSPS) is 20.7. The van der Waals surface area contributed by atoms with E-state index in [1.165, 1.54) is 0 Å². The van der Waals surface area contributed by atoms with Crippen LogP contribution in [0.15, 0.2) is 30.3 Å². The van der Waals surface area contributed by atoms with Gasteiger partial charge in [0.1, 0.15) is 0 Å². The number of benzene rings is 1. The van der Waals surface area contributed by atoms with Crippen LogP contribution in [0.3, 0.4) is 0 Å². The molecule has 0 spiro atoms. The number of carboxylic acid groups (broad SMARTS) is 1. The fourth-order valence-electron chi connectivity index (χ4n) is 4.13. The predicted octanol–water partition coefficient (Wildman–Crippen LogP) is 3.05. The summed E-state index contributed by atoms with van der Waals surface area (Å²) < 4.78 is 0. The largest absolute Gasteiger partial charge is 0.481 e. The minimum Gasteiger partial charge on any atom is -0.481 e. The van der Waals surface area contributed by atoms with Crippen molar-refractivity contribution in [2.45, 2.75) is 64.0 Å². The number of rotatable bonds is 9. The first-order valence-corrected chi connectivity index (χ1v) is 9.81. The van der Waals surface area contributed by atoms with E-state index >= 15 is 0 Å². The topological polar surface area (TPSA) is 89.9 Å². The molecular formula is C21H32N2O4. The maximum Gasteiger partial charge on any atom is 0.318 e. The second kappa shape index (κ2) is 9.74. The Hall–Kier alpha value is -2.08. The van der Waals surface area contributed by atoms with Gasteiger partial charge in [-0.25, -0.2) is 4.79 Å². The number of likely N-dealkylation sites (tertiary alicyclic amines) is 1. The van der Waals surface area contributed by atoms with Gasteiger partial charge in [0.15, 0.2) is 0 Å². The highest BCUT2D eigenvalue weighted by molar-refractivity contribution is 5.76. The van der Waals surface area contributed by atoms with Crippen molar-refractivity contribution < 1.29 is 19.8 Å². The molecule has 1 aromatic carbocycles. The highest BCUT2D eigenvalue weighted by Crippen LogP contribution is 2.34. The smallest absolute Gasteiger partial charge is 0.318 e. The van der Waals surface area contributed by atoms with E-state index in [4.69, 9.17) is 5.11 Å². The average Bonchev–Trinajstić information content (AvgIpc) is 3.04. The minimum absolute atomic E-state index is 0.00885. The van der Waals surface area contributed by atoms with Gasteiger partial charge in [0, 0.05) is 19.0 Å². The third-order valence-corrected chi connectivity index (χ3v) is 5.28. The van der Waals surface area contributed by atoms with Crippen LogP contribution in [0.1, 0.15) is 51.5 Å². The Labute approximate surface area is 161 Å². The minimum atomic E-state index is -0.868. The molecule has 0 bridgehead atoms. The number of carbonyl (C=O) groups excluding carboxylic acids is 1. The SMILES string of the molecule is CC(C)CC1(CO)CCCN1C(=O)NC(CCC(=O)O)Cc1ccccc1. The quantitative estimate of drug-likeness (QED) is 0.618. The zero-order valence-corrected chi connectivity index (χ0v) is 16.4. The monoisotopic (exact) mass is 376 g/mol. The zero-order chi connectivity index (χ0) is 19.9. The molecule has 1 heterocycles. The van der Waals surface area contributed by atoms with Crippen LogP contribution in [0.5, 0.6) is 0 Å². The molecule has 0 aliphatic carbocycles. The molecule has 0 saturated carbocycles. The Morgan fingerprint density at radius 3 is 2.56 bits per heavy atom. The van der Waals surface area contributed by atoms with Crippen molar-refractivity contribution in [1.29, 1.82) is 0 Å². The molecule has 1 aliphatic heterocycles. The summed E-state index contributed by atoms with van der Waals surface area (Å²) in [5.41, 5.74) is 0.549.